The zero-order chi connectivity index (χ0) is 25.6. The number of alkyl halides is 3. The Kier molecular flexibility index (Phi) is 6.96. The number of piperidine rings is 1. The van der Waals surface area contributed by atoms with E-state index in [2.05, 4.69) is 35.8 Å². The zero-order valence-corrected chi connectivity index (χ0v) is 21.5. The summed E-state index contributed by atoms with van der Waals surface area (Å²) in [6.07, 6.45) is -1.01. The highest BCUT2D eigenvalue weighted by molar-refractivity contribution is 6.30. The molecule has 192 valence electrons. The van der Waals surface area contributed by atoms with Crippen molar-refractivity contribution in [3.8, 4) is 11.4 Å². The summed E-state index contributed by atoms with van der Waals surface area (Å²) in [4.78, 5) is 21.1. The minimum atomic E-state index is -4.56. The number of nitrogens with zero attached hydrogens (tertiary/aromatic N) is 5. The first-order chi connectivity index (χ1) is 16.3. The van der Waals surface area contributed by atoms with E-state index in [1.165, 1.54) is 16.8 Å². The van der Waals surface area contributed by atoms with Gasteiger partial charge in [-0.05, 0) is 61.9 Å². The molecule has 0 unspecified atom stereocenters. The molecule has 2 fully saturated rings. The molecule has 1 spiro atoms. The SMILES string of the molecule is Cn1nc(-c2cccc(C(F)(F)F)n2)c(CN2CC3(CCN(CCC(C)(C)C)CC3)CC2=O)c1Cl. The van der Waals surface area contributed by atoms with Gasteiger partial charge in [-0.15, -0.1) is 0 Å². The second-order valence-corrected chi connectivity index (χ2v) is 11.6. The molecule has 1 amide bonds. The maximum absolute atomic E-state index is 13.2. The summed E-state index contributed by atoms with van der Waals surface area (Å²) in [6, 6.07) is 3.72. The van der Waals surface area contributed by atoms with E-state index in [0.717, 1.165) is 45.0 Å². The maximum atomic E-state index is 13.2. The Labute approximate surface area is 209 Å². The number of aromatic nitrogens is 3. The summed E-state index contributed by atoms with van der Waals surface area (Å²) < 4.78 is 41.1. The van der Waals surface area contributed by atoms with E-state index in [4.69, 9.17) is 11.6 Å². The van der Waals surface area contributed by atoms with E-state index >= 15 is 0 Å². The molecule has 0 aliphatic carbocycles. The first kappa shape index (κ1) is 25.9. The quantitative estimate of drug-likeness (QED) is 0.539. The molecule has 35 heavy (non-hydrogen) atoms. The number of carbonyl (C=O) groups excluding carboxylic acids is 1. The first-order valence-corrected chi connectivity index (χ1v) is 12.4. The third kappa shape index (κ3) is 5.82. The Hall–Kier alpha value is -2.13. The van der Waals surface area contributed by atoms with Gasteiger partial charge in [-0.3, -0.25) is 9.48 Å². The van der Waals surface area contributed by atoms with Crippen LogP contribution in [0.15, 0.2) is 18.2 Å². The van der Waals surface area contributed by atoms with Gasteiger partial charge in [0.2, 0.25) is 5.91 Å². The van der Waals surface area contributed by atoms with Crippen LogP contribution in [-0.4, -0.2) is 56.7 Å². The van der Waals surface area contributed by atoms with Crippen LogP contribution < -0.4 is 0 Å². The number of aryl methyl sites for hydroxylation is 1. The van der Waals surface area contributed by atoms with Crippen molar-refractivity contribution in [2.24, 2.45) is 17.9 Å². The normalized spacial score (nSPS) is 19.2. The third-order valence-electron chi connectivity index (χ3n) is 7.20. The molecule has 0 aromatic carbocycles. The summed E-state index contributed by atoms with van der Waals surface area (Å²) in [5.41, 5.74) is 0.134. The molecule has 2 saturated heterocycles. The van der Waals surface area contributed by atoms with Crippen molar-refractivity contribution in [2.75, 3.05) is 26.2 Å². The highest BCUT2D eigenvalue weighted by atomic mass is 35.5. The average molecular weight is 512 g/mol. The van der Waals surface area contributed by atoms with Crippen molar-refractivity contribution in [2.45, 2.75) is 59.2 Å². The van der Waals surface area contributed by atoms with Crippen LogP contribution in [-0.2, 0) is 24.6 Å². The molecule has 2 aliphatic rings. The second-order valence-electron chi connectivity index (χ2n) is 11.2. The highest BCUT2D eigenvalue weighted by Crippen LogP contribution is 2.43. The van der Waals surface area contributed by atoms with Gasteiger partial charge in [0.15, 0.2) is 0 Å². The lowest BCUT2D eigenvalue weighted by atomic mass is 9.77. The molecule has 2 aliphatic heterocycles. The predicted molar refractivity (Wildman–Crippen MR) is 129 cm³/mol. The average Bonchev–Trinajstić information content (AvgIpc) is 3.23. The summed E-state index contributed by atoms with van der Waals surface area (Å²) in [7, 11) is 1.63. The van der Waals surface area contributed by atoms with E-state index in [1.54, 1.807) is 11.9 Å². The van der Waals surface area contributed by atoms with Crippen LogP contribution in [0.3, 0.4) is 0 Å². The topological polar surface area (TPSA) is 54.3 Å². The molecule has 4 rings (SSSR count). The number of pyridine rings is 1. The van der Waals surface area contributed by atoms with Gasteiger partial charge in [0.25, 0.3) is 0 Å². The van der Waals surface area contributed by atoms with Gasteiger partial charge in [0, 0.05) is 25.6 Å². The Bertz CT molecular complexity index is 1080. The lowest BCUT2D eigenvalue weighted by molar-refractivity contribution is -0.141. The molecule has 4 heterocycles. The van der Waals surface area contributed by atoms with Crippen molar-refractivity contribution in [1.29, 1.82) is 0 Å². The number of hydrogen-bond donors (Lipinski definition) is 0. The largest absolute Gasteiger partial charge is 0.433 e. The van der Waals surface area contributed by atoms with Crippen molar-refractivity contribution < 1.29 is 18.0 Å². The third-order valence-corrected chi connectivity index (χ3v) is 7.67. The van der Waals surface area contributed by atoms with Crippen LogP contribution in [0.5, 0.6) is 0 Å². The van der Waals surface area contributed by atoms with Crippen molar-refractivity contribution >= 4 is 17.5 Å². The van der Waals surface area contributed by atoms with Gasteiger partial charge >= 0.3 is 6.18 Å². The van der Waals surface area contributed by atoms with Crippen LogP contribution in [0.25, 0.3) is 11.4 Å². The van der Waals surface area contributed by atoms with Gasteiger partial charge < -0.3 is 9.80 Å². The fraction of sp³-hybridized carbons (Fsp3) is 0.640. The molecular weight excluding hydrogens is 479 g/mol. The molecule has 0 saturated carbocycles. The minimum absolute atomic E-state index is 0.0519. The fourth-order valence-electron chi connectivity index (χ4n) is 5.01. The Morgan fingerprint density at radius 1 is 1.14 bits per heavy atom. The number of rotatable bonds is 5. The van der Waals surface area contributed by atoms with E-state index in [9.17, 15) is 18.0 Å². The molecule has 2 aromatic heterocycles. The first-order valence-electron chi connectivity index (χ1n) is 12.0. The second kappa shape index (κ2) is 9.39. The predicted octanol–water partition coefficient (Wildman–Crippen LogP) is 5.41. The van der Waals surface area contributed by atoms with E-state index in [-0.39, 0.29) is 29.3 Å². The van der Waals surface area contributed by atoms with Crippen molar-refractivity contribution in [3.63, 3.8) is 0 Å². The molecule has 0 N–H and O–H groups in total. The highest BCUT2D eigenvalue weighted by Gasteiger charge is 2.45. The summed E-state index contributed by atoms with van der Waals surface area (Å²) in [5.74, 6) is 0.0519. The maximum Gasteiger partial charge on any atom is 0.433 e. The fourth-order valence-corrected chi connectivity index (χ4v) is 5.20. The molecule has 0 radical (unpaired) electrons. The summed E-state index contributed by atoms with van der Waals surface area (Å²) in [6.45, 7) is 10.6. The van der Waals surface area contributed by atoms with Crippen LogP contribution in [0.2, 0.25) is 5.15 Å². The van der Waals surface area contributed by atoms with Crippen molar-refractivity contribution in [3.05, 3.63) is 34.6 Å². The standard InChI is InChI=1S/C25H33ClF3N5O/c1-23(2,3)8-11-33-12-9-24(10-13-33)14-20(35)34(16-24)15-17-21(31-32(4)22(17)26)18-6-5-7-19(30-18)25(27,28)29/h5-7H,8-16H2,1-4H3. The molecule has 6 nitrogen and oxygen atoms in total. The van der Waals surface area contributed by atoms with Crippen LogP contribution in [0.1, 0.15) is 57.7 Å². The van der Waals surface area contributed by atoms with Gasteiger partial charge in [0.05, 0.1) is 12.2 Å². The molecule has 10 heteroatoms. The number of amides is 1. The minimum Gasteiger partial charge on any atom is -0.338 e. The smallest absolute Gasteiger partial charge is 0.338 e. The van der Waals surface area contributed by atoms with Crippen LogP contribution in [0, 0.1) is 10.8 Å². The van der Waals surface area contributed by atoms with Crippen LogP contribution >= 0.6 is 11.6 Å². The lowest BCUT2D eigenvalue weighted by Gasteiger charge is -2.39. The number of hydrogen-bond acceptors (Lipinski definition) is 4. The Morgan fingerprint density at radius 2 is 1.83 bits per heavy atom. The molecule has 2 aromatic rings. The van der Waals surface area contributed by atoms with Gasteiger partial charge in [-0.25, -0.2) is 4.98 Å². The summed E-state index contributed by atoms with van der Waals surface area (Å²) in [5, 5.41) is 4.63. The summed E-state index contributed by atoms with van der Waals surface area (Å²) >= 11 is 6.49. The lowest BCUT2D eigenvalue weighted by Crippen LogP contribution is -2.42. The van der Waals surface area contributed by atoms with Gasteiger partial charge in [-0.1, -0.05) is 38.4 Å². The van der Waals surface area contributed by atoms with Crippen LogP contribution in [0.4, 0.5) is 13.2 Å². The van der Waals surface area contributed by atoms with Gasteiger partial charge in [0.1, 0.15) is 16.5 Å². The van der Waals surface area contributed by atoms with Crippen molar-refractivity contribution in [1.82, 2.24) is 24.6 Å². The number of likely N-dealkylation sites (tertiary alicyclic amines) is 2. The van der Waals surface area contributed by atoms with E-state index < -0.39 is 11.9 Å². The zero-order valence-electron chi connectivity index (χ0n) is 20.8. The molecular formula is C25H33ClF3N5O. The van der Waals surface area contributed by atoms with E-state index in [1.807, 2.05) is 0 Å². The molecule has 0 atom stereocenters. The number of halogens is 4. The molecule has 0 bridgehead atoms. The van der Waals surface area contributed by atoms with E-state index in [0.29, 0.717) is 29.1 Å². The monoisotopic (exact) mass is 511 g/mol. The Balaban J connectivity index is 1.49. The Morgan fingerprint density at radius 3 is 2.46 bits per heavy atom. The number of carbonyl (C=O) groups is 1. The van der Waals surface area contributed by atoms with Gasteiger partial charge in [-0.2, -0.15) is 18.3 Å².